The molecule has 0 aliphatic carbocycles. The van der Waals surface area contributed by atoms with E-state index in [2.05, 4.69) is 0 Å². The van der Waals surface area contributed by atoms with E-state index in [1.807, 2.05) is 0 Å². The number of carbonyl (C=O) groups is 1. The molecule has 4 rings (SSSR count). The Hall–Kier alpha value is -4.28. The molecule has 0 bridgehead atoms. The van der Waals surface area contributed by atoms with Crippen LogP contribution in [-0.4, -0.2) is 37.5 Å². The van der Waals surface area contributed by atoms with E-state index in [0.29, 0.717) is 22.4 Å². The number of aliphatic carboxylic acids is 1. The second kappa shape index (κ2) is 12.1. The number of hydrogen-bond donors (Lipinski definition) is 1. The minimum Gasteiger partial charge on any atom is -0.496 e. The first-order valence-corrected chi connectivity index (χ1v) is 13.2. The number of methoxy groups -OCH3 is 1. The van der Waals surface area contributed by atoms with Crippen molar-refractivity contribution < 1.29 is 36.6 Å². The van der Waals surface area contributed by atoms with Crippen LogP contribution in [0.15, 0.2) is 95.9 Å². The molecule has 4 aromatic carbocycles. The number of nitrogens with zero attached hydrogens (tertiary/aromatic N) is 1. The molecule has 0 aliphatic rings. The van der Waals surface area contributed by atoms with Gasteiger partial charge in [-0.15, -0.1) is 0 Å². The molecular weight excluding hydrogens is 528 g/mol. The van der Waals surface area contributed by atoms with Gasteiger partial charge in [0.2, 0.25) is 10.0 Å². The highest BCUT2D eigenvalue weighted by Crippen LogP contribution is 2.33. The van der Waals surface area contributed by atoms with Crippen molar-refractivity contribution in [2.75, 3.05) is 13.7 Å². The van der Waals surface area contributed by atoms with Crippen molar-refractivity contribution in [3.8, 4) is 22.6 Å². The Morgan fingerprint density at radius 2 is 1.54 bits per heavy atom. The van der Waals surface area contributed by atoms with E-state index in [0.717, 1.165) is 22.0 Å². The van der Waals surface area contributed by atoms with Gasteiger partial charge in [0.15, 0.2) is 11.6 Å². The minimum absolute atomic E-state index is 0.00943. The molecule has 10 heteroatoms. The van der Waals surface area contributed by atoms with E-state index in [-0.39, 0.29) is 23.8 Å². The lowest BCUT2D eigenvalue weighted by Gasteiger charge is -2.21. The zero-order valence-electron chi connectivity index (χ0n) is 20.9. The molecule has 0 heterocycles. The lowest BCUT2D eigenvalue weighted by Crippen LogP contribution is -2.35. The van der Waals surface area contributed by atoms with Gasteiger partial charge in [0.1, 0.15) is 24.7 Å². The zero-order valence-corrected chi connectivity index (χ0v) is 21.7. The Labute approximate surface area is 224 Å². The van der Waals surface area contributed by atoms with Crippen LogP contribution in [-0.2, 0) is 28.0 Å². The summed E-state index contributed by atoms with van der Waals surface area (Å²) in [6.07, 6.45) is 0. The summed E-state index contributed by atoms with van der Waals surface area (Å²) in [6.45, 7) is -0.665. The maximum absolute atomic E-state index is 13.8. The van der Waals surface area contributed by atoms with Crippen molar-refractivity contribution in [3.63, 3.8) is 0 Å². The van der Waals surface area contributed by atoms with Crippen LogP contribution in [0.25, 0.3) is 11.1 Å². The van der Waals surface area contributed by atoms with E-state index in [9.17, 15) is 27.1 Å². The Kier molecular flexibility index (Phi) is 8.58. The maximum atomic E-state index is 13.8. The lowest BCUT2D eigenvalue weighted by atomic mass is 10.0. The summed E-state index contributed by atoms with van der Waals surface area (Å²) in [7, 11) is -2.66. The molecular formula is C29H25F2NO6S. The number of ether oxygens (including phenoxy) is 2. The van der Waals surface area contributed by atoms with Crippen molar-refractivity contribution in [2.24, 2.45) is 0 Å². The number of carboxylic acids is 1. The average molecular weight is 554 g/mol. The van der Waals surface area contributed by atoms with Gasteiger partial charge in [0, 0.05) is 18.2 Å². The number of carboxylic acid groups (broad SMARTS) is 1. The normalized spacial score (nSPS) is 11.4. The SMILES string of the molecule is COc1cc(F)c(F)cc1-c1ccc(OCc2cccc(CN(CC(=O)O)S(=O)(=O)c3ccccc3)c2)cc1. The predicted octanol–water partition coefficient (Wildman–Crippen LogP) is 5.49. The number of sulfonamides is 1. The molecule has 0 unspecified atom stereocenters. The van der Waals surface area contributed by atoms with Crippen LogP contribution in [0, 0.1) is 11.6 Å². The molecule has 0 saturated heterocycles. The molecule has 0 radical (unpaired) electrons. The molecule has 0 fully saturated rings. The van der Waals surface area contributed by atoms with E-state index >= 15 is 0 Å². The quantitative estimate of drug-likeness (QED) is 0.264. The summed E-state index contributed by atoms with van der Waals surface area (Å²) in [4.78, 5) is 11.4. The highest BCUT2D eigenvalue weighted by molar-refractivity contribution is 7.89. The molecule has 0 saturated carbocycles. The molecule has 202 valence electrons. The molecule has 0 atom stereocenters. The molecule has 0 aromatic heterocycles. The highest BCUT2D eigenvalue weighted by atomic mass is 32.2. The van der Waals surface area contributed by atoms with Gasteiger partial charge in [0.25, 0.3) is 0 Å². The second-order valence-corrected chi connectivity index (χ2v) is 10.5. The standard InChI is InChI=1S/C29H25F2NO6S/c1-37-28-16-27(31)26(30)15-25(28)22-10-12-23(13-11-22)38-19-21-7-5-6-20(14-21)17-32(18-29(33)34)39(35,36)24-8-3-2-4-9-24/h2-16H,17-19H2,1H3,(H,33,34). The lowest BCUT2D eigenvalue weighted by molar-refractivity contribution is -0.137. The smallest absolute Gasteiger partial charge is 0.318 e. The van der Waals surface area contributed by atoms with Gasteiger partial charge in [-0.05, 0) is 47.0 Å². The maximum Gasteiger partial charge on any atom is 0.318 e. The largest absolute Gasteiger partial charge is 0.496 e. The van der Waals surface area contributed by atoms with Crippen LogP contribution >= 0.6 is 0 Å². The first-order valence-electron chi connectivity index (χ1n) is 11.8. The number of benzene rings is 4. The molecule has 7 nitrogen and oxygen atoms in total. The van der Waals surface area contributed by atoms with Gasteiger partial charge >= 0.3 is 5.97 Å². The Morgan fingerprint density at radius 3 is 2.21 bits per heavy atom. The van der Waals surface area contributed by atoms with Crippen LogP contribution in [0.4, 0.5) is 8.78 Å². The van der Waals surface area contributed by atoms with Crippen molar-refractivity contribution in [1.29, 1.82) is 0 Å². The van der Waals surface area contributed by atoms with Gasteiger partial charge in [0.05, 0.1) is 12.0 Å². The number of hydrogen-bond acceptors (Lipinski definition) is 5. The fraction of sp³-hybridized carbons (Fsp3) is 0.138. The second-order valence-electron chi connectivity index (χ2n) is 8.58. The van der Waals surface area contributed by atoms with Crippen LogP contribution in [0.2, 0.25) is 0 Å². The van der Waals surface area contributed by atoms with Crippen molar-refractivity contribution in [2.45, 2.75) is 18.0 Å². The summed E-state index contributed by atoms with van der Waals surface area (Å²) in [6, 6.07) is 23.5. The number of rotatable bonds is 11. The third kappa shape index (κ3) is 6.78. The molecule has 0 amide bonds. The van der Waals surface area contributed by atoms with Crippen LogP contribution in [0.3, 0.4) is 0 Å². The fourth-order valence-corrected chi connectivity index (χ4v) is 5.36. The summed E-state index contributed by atoms with van der Waals surface area (Å²) >= 11 is 0. The Bertz CT molecular complexity index is 1560. The van der Waals surface area contributed by atoms with E-state index in [4.69, 9.17) is 9.47 Å². The van der Waals surface area contributed by atoms with Crippen molar-refractivity contribution >= 4 is 16.0 Å². The van der Waals surface area contributed by atoms with E-state index in [1.54, 1.807) is 66.7 Å². The first-order chi connectivity index (χ1) is 18.7. The fourth-order valence-electron chi connectivity index (χ4n) is 3.96. The molecule has 0 aliphatic heterocycles. The zero-order chi connectivity index (χ0) is 28.0. The van der Waals surface area contributed by atoms with Crippen LogP contribution in [0.1, 0.15) is 11.1 Å². The molecule has 4 aromatic rings. The molecule has 39 heavy (non-hydrogen) atoms. The summed E-state index contributed by atoms with van der Waals surface area (Å²) < 4.78 is 65.4. The Balaban J connectivity index is 1.47. The van der Waals surface area contributed by atoms with Crippen LogP contribution < -0.4 is 9.47 Å². The van der Waals surface area contributed by atoms with E-state index < -0.39 is 34.2 Å². The highest BCUT2D eigenvalue weighted by Gasteiger charge is 2.26. The third-order valence-corrected chi connectivity index (χ3v) is 7.66. The molecule has 1 N–H and O–H groups in total. The van der Waals surface area contributed by atoms with Crippen LogP contribution in [0.5, 0.6) is 11.5 Å². The van der Waals surface area contributed by atoms with E-state index in [1.165, 1.54) is 19.2 Å². The third-order valence-electron chi connectivity index (χ3n) is 5.86. The average Bonchev–Trinajstić information content (AvgIpc) is 2.93. The monoisotopic (exact) mass is 553 g/mol. The number of halogens is 2. The van der Waals surface area contributed by atoms with Gasteiger partial charge in [-0.2, -0.15) is 4.31 Å². The minimum atomic E-state index is -4.03. The van der Waals surface area contributed by atoms with Gasteiger partial charge in [-0.1, -0.05) is 54.6 Å². The Morgan fingerprint density at radius 1 is 0.872 bits per heavy atom. The summed E-state index contributed by atoms with van der Waals surface area (Å²) in [5.74, 6) is -2.53. The van der Waals surface area contributed by atoms with Crippen molar-refractivity contribution in [3.05, 3.63) is 114 Å². The summed E-state index contributed by atoms with van der Waals surface area (Å²) in [5.41, 5.74) is 2.34. The van der Waals surface area contributed by atoms with Gasteiger partial charge < -0.3 is 14.6 Å². The van der Waals surface area contributed by atoms with Gasteiger partial charge in [-0.25, -0.2) is 17.2 Å². The first kappa shape index (κ1) is 27.7. The topological polar surface area (TPSA) is 93.1 Å². The summed E-state index contributed by atoms with van der Waals surface area (Å²) in [5, 5.41) is 9.32. The molecule has 0 spiro atoms. The predicted molar refractivity (Wildman–Crippen MR) is 141 cm³/mol. The van der Waals surface area contributed by atoms with Crippen molar-refractivity contribution in [1.82, 2.24) is 4.31 Å². The van der Waals surface area contributed by atoms with Gasteiger partial charge in [-0.3, -0.25) is 4.79 Å².